The number of rotatable bonds is 7. The van der Waals surface area contributed by atoms with Gasteiger partial charge in [-0.2, -0.15) is 0 Å². The molecular formula is C19H28N6O. The molecule has 2 aromatic rings. The summed E-state index contributed by atoms with van der Waals surface area (Å²) in [6.07, 6.45) is 3.41. The first-order chi connectivity index (χ1) is 12.6. The molecular weight excluding hydrogens is 328 g/mol. The van der Waals surface area contributed by atoms with E-state index in [1.165, 1.54) is 5.56 Å². The van der Waals surface area contributed by atoms with Crippen molar-refractivity contribution in [3.8, 4) is 0 Å². The summed E-state index contributed by atoms with van der Waals surface area (Å²) >= 11 is 0. The number of tetrazole rings is 1. The molecule has 0 bridgehead atoms. The summed E-state index contributed by atoms with van der Waals surface area (Å²) in [5.74, 6) is 0.943. The number of aromatic nitrogens is 4. The Morgan fingerprint density at radius 2 is 1.96 bits per heavy atom. The van der Waals surface area contributed by atoms with Crippen molar-refractivity contribution in [2.45, 2.75) is 45.2 Å². The number of piperidine rings is 1. The maximum Gasteiger partial charge on any atom is 0.224 e. The zero-order valence-corrected chi connectivity index (χ0v) is 15.7. The molecule has 1 aliphatic heterocycles. The van der Waals surface area contributed by atoms with Crippen LogP contribution in [0.5, 0.6) is 0 Å². The predicted octanol–water partition coefficient (Wildman–Crippen LogP) is 1.54. The van der Waals surface area contributed by atoms with Gasteiger partial charge >= 0.3 is 0 Å². The summed E-state index contributed by atoms with van der Waals surface area (Å²) in [4.78, 5) is 17.4. The monoisotopic (exact) mass is 356 g/mol. The molecule has 7 heteroatoms. The van der Waals surface area contributed by atoms with Crippen molar-refractivity contribution in [3.63, 3.8) is 0 Å². The molecule has 140 valence electrons. The fraction of sp³-hybridized carbons (Fsp3) is 0.579. The first-order valence-corrected chi connectivity index (χ1v) is 9.38. The fourth-order valence-electron chi connectivity index (χ4n) is 3.51. The largest absolute Gasteiger partial charge is 0.339 e. The van der Waals surface area contributed by atoms with Crippen LogP contribution in [0.2, 0.25) is 0 Å². The van der Waals surface area contributed by atoms with Crippen molar-refractivity contribution >= 4 is 5.91 Å². The van der Waals surface area contributed by atoms with Crippen LogP contribution in [0.15, 0.2) is 30.3 Å². The van der Waals surface area contributed by atoms with Gasteiger partial charge in [0.05, 0.1) is 6.54 Å². The smallest absolute Gasteiger partial charge is 0.224 e. The number of likely N-dealkylation sites (tertiary alicyclic amines) is 1. The van der Waals surface area contributed by atoms with Gasteiger partial charge in [-0.05, 0) is 62.3 Å². The van der Waals surface area contributed by atoms with Crippen LogP contribution in [0.1, 0.15) is 30.7 Å². The van der Waals surface area contributed by atoms with Crippen molar-refractivity contribution in [3.05, 3.63) is 41.7 Å². The Kier molecular flexibility index (Phi) is 6.33. The number of carbonyl (C=O) groups excluding carboxylic acids is 1. The first kappa shape index (κ1) is 18.5. The van der Waals surface area contributed by atoms with E-state index in [1.54, 1.807) is 4.68 Å². The van der Waals surface area contributed by atoms with E-state index in [9.17, 15) is 4.79 Å². The third kappa shape index (κ3) is 4.88. The fourth-order valence-corrected chi connectivity index (χ4v) is 3.51. The van der Waals surface area contributed by atoms with E-state index < -0.39 is 0 Å². The quantitative estimate of drug-likeness (QED) is 0.753. The van der Waals surface area contributed by atoms with Crippen molar-refractivity contribution in [1.82, 2.24) is 30.0 Å². The second-order valence-corrected chi connectivity index (χ2v) is 7.06. The molecule has 1 aromatic carbocycles. The maximum atomic E-state index is 13.0. The minimum atomic E-state index is 0.199. The Morgan fingerprint density at radius 1 is 1.23 bits per heavy atom. The van der Waals surface area contributed by atoms with E-state index in [0.29, 0.717) is 19.0 Å². The number of carbonyl (C=O) groups is 1. The SMILES string of the molecule is Cc1nnnn1CCC(=O)N(CCc1ccccc1)C1CCN(C)CC1. The second kappa shape index (κ2) is 8.89. The highest BCUT2D eigenvalue weighted by atomic mass is 16.2. The molecule has 0 spiro atoms. The van der Waals surface area contributed by atoms with E-state index in [0.717, 1.165) is 44.7 Å². The minimum Gasteiger partial charge on any atom is -0.339 e. The lowest BCUT2D eigenvalue weighted by molar-refractivity contribution is -0.134. The molecule has 26 heavy (non-hydrogen) atoms. The highest BCUT2D eigenvalue weighted by molar-refractivity contribution is 5.76. The molecule has 1 fully saturated rings. The molecule has 0 unspecified atom stereocenters. The molecule has 0 atom stereocenters. The van der Waals surface area contributed by atoms with E-state index in [-0.39, 0.29) is 5.91 Å². The van der Waals surface area contributed by atoms with Gasteiger partial charge < -0.3 is 9.80 Å². The highest BCUT2D eigenvalue weighted by Gasteiger charge is 2.26. The lowest BCUT2D eigenvalue weighted by Crippen LogP contribution is -2.47. The average Bonchev–Trinajstić information content (AvgIpc) is 3.07. The molecule has 1 aromatic heterocycles. The average molecular weight is 356 g/mol. The van der Waals surface area contributed by atoms with Crippen LogP contribution in [-0.4, -0.2) is 68.6 Å². The summed E-state index contributed by atoms with van der Waals surface area (Å²) in [5, 5.41) is 11.5. The topological polar surface area (TPSA) is 67.2 Å². The summed E-state index contributed by atoms with van der Waals surface area (Å²) in [7, 11) is 2.15. The van der Waals surface area contributed by atoms with Gasteiger partial charge in [0.2, 0.25) is 5.91 Å². The number of hydrogen-bond donors (Lipinski definition) is 0. The highest BCUT2D eigenvalue weighted by Crippen LogP contribution is 2.18. The normalized spacial score (nSPS) is 15.9. The Hall–Kier alpha value is -2.28. The summed E-state index contributed by atoms with van der Waals surface area (Å²) in [6.45, 7) is 5.25. The molecule has 0 saturated carbocycles. The van der Waals surface area contributed by atoms with Crippen LogP contribution < -0.4 is 0 Å². The number of nitrogens with zero attached hydrogens (tertiary/aromatic N) is 6. The summed E-state index contributed by atoms with van der Waals surface area (Å²) in [5.41, 5.74) is 1.27. The van der Waals surface area contributed by atoms with Crippen molar-refractivity contribution in [2.24, 2.45) is 0 Å². The maximum absolute atomic E-state index is 13.0. The molecule has 0 aliphatic carbocycles. The number of amides is 1. The predicted molar refractivity (Wildman–Crippen MR) is 99.5 cm³/mol. The van der Waals surface area contributed by atoms with Crippen LogP contribution >= 0.6 is 0 Å². The third-order valence-electron chi connectivity index (χ3n) is 5.18. The van der Waals surface area contributed by atoms with Gasteiger partial charge in [-0.15, -0.1) is 5.10 Å². The van der Waals surface area contributed by atoms with Gasteiger partial charge in [0.1, 0.15) is 5.82 Å². The molecule has 1 aliphatic rings. The van der Waals surface area contributed by atoms with Gasteiger partial charge in [0, 0.05) is 19.0 Å². The molecule has 2 heterocycles. The molecule has 7 nitrogen and oxygen atoms in total. The van der Waals surface area contributed by atoms with E-state index in [2.05, 4.69) is 56.6 Å². The zero-order chi connectivity index (χ0) is 18.4. The second-order valence-electron chi connectivity index (χ2n) is 7.06. The van der Waals surface area contributed by atoms with Crippen LogP contribution in [0.3, 0.4) is 0 Å². The van der Waals surface area contributed by atoms with Gasteiger partial charge in [-0.1, -0.05) is 30.3 Å². The Bertz CT molecular complexity index is 693. The van der Waals surface area contributed by atoms with Crippen LogP contribution in [-0.2, 0) is 17.8 Å². The number of hydrogen-bond acceptors (Lipinski definition) is 5. The molecule has 1 amide bonds. The van der Waals surface area contributed by atoms with Crippen LogP contribution in [0, 0.1) is 6.92 Å². The van der Waals surface area contributed by atoms with Crippen molar-refractivity contribution in [1.29, 1.82) is 0 Å². The van der Waals surface area contributed by atoms with Gasteiger partial charge in [0.25, 0.3) is 0 Å². The van der Waals surface area contributed by atoms with E-state index in [4.69, 9.17) is 0 Å². The molecule has 3 rings (SSSR count). The molecule has 1 saturated heterocycles. The zero-order valence-electron chi connectivity index (χ0n) is 15.7. The Labute approximate surface area is 155 Å². The summed E-state index contributed by atoms with van der Waals surface area (Å²) in [6, 6.07) is 10.7. The molecule has 0 radical (unpaired) electrons. The van der Waals surface area contributed by atoms with E-state index in [1.807, 2.05) is 13.0 Å². The Morgan fingerprint density at radius 3 is 2.62 bits per heavy atom. The van der Waals surface area contributed by atoms with Crippen LogP contribution in [0.25, 0.3) is 0 Å². The molecule has 0 N–H and O–H groups in total. The van der Waals surface area contributed by atoms with E-state index >= 15 is 0 Å². The van der Waals surface area contributed by atoms with Gasteiger partial charge in [-0.25, -0.2) is 4.68 Å². The van der Waals surface area contributed by atoms with Crippen molar-refractivity contribution in [2.75, 3.05) is 26.7 Å². The minimum absolute atomic E-state index is 0.199. The first-order valence-electron chi connectivity index (χ1n) is 9.38. The number of benzene rings is 1. The Balaban J connectivity index is 1.63. The summed E-state index contributed by atoms with van der Waals surface area (Å²) < 4.78 is 1.70. The van der Waals surface area contributed by atoms with Gasteiger partial charge in [-0.3, -0.25) is 4.79 Å². The lowest BCUT2D eigenvalue weighted by Gasteiger charge is -2.37. The number of aryl methyl sites for hydroxylation is 2. The standard InChI is InChI=1S/C19H28N6O/c1-16-20-21-22-25(16)15-11-19(26)24(18-9-12-23(2)13-10-18)14-8-17-6-4-3-5-7-17/h3-7,18H,8-15H2,1-2H3. The lowest BCUT2D eigenvalue weighted by atomic mass is 10.0. The van der Waals surface area contributed by atoms with Crippen molar-refractivity contribution < 1.29 is 4.79 Å². The third-order valence-corrected chi connectivity index (χ3v) is 5.18. The van der Waals surface area contributed by atoms with Gasteiger partial charge in [0.15, 0.2) is 0 Å². The van der Waals surface area contributed by atoms with Crippen LogP contribution in [0.4, 0.5) is 0 Å².